The van der Waals surface area contributed by atoms with Gasteiger partial charge in [-0.3, -0.25) is 0 Å². The summed E-state index contributed by atoms with van der Waals surface area (Å²) < 4.78 is 12.8. The molecule has 0 unspecified atom stereocenters. The molecule has 0 N–H and O–H groups in total. The average Bonchev–Trinajstić information content (AvgIpc) is 3.36. The molecule has 6 rings (SSSR count). The highest BCUT2D eigenvalue weighted by Crippen LogP contribution is 1.83. The molecular formula is C59H96O6. The maximum absolute atomic E-state index is 9.44. The second kappa shape index (κ2) is 107. The normalized spacial score (nSPS) is 6.83. The topological polar surface area (TPSA) is 78.9 Å². The first-order valence-electron chi connectivity index (χ1n) is 22.1. The van der Waals surface area contributed by atoms with E-state index in [-0.39, 0.29) is 17.3 Å². The summed E-state index contributed by atoms with van der Waals surface area (Å²) in [5, 5.41) is 0. The summed E-state index contributed by atoms with van der Waals surface area (Å²) in [5.41, 5.74) is 0. The van der Waals surface area contributed by atoms with Crippen molar-refractivity contribution in [3.05, 3.63) is 218 Å². The van der Waals surface area contributed by atoms with Crippen LogP contribution < -0.4 is 0 Å². The van der Waals surface area contributed by atoms with Crippen LogP contribution in [0.25, 0.3) is 0 Å². The smallest absolute Gasteiger partial charge is 0.126 e. The van der Waals surface area contributed by atoms with Crippen LogP contribution in [0.15, 0.2) is 218 Å². The molecular weight excluding hydrogens is 805 g/mol. The van der Waals surface area contributed by atoms with Crippen LogP contribution in [0.1, 0.15) is 96.9 Å². The van der Waals surface area contributed by atoms with Gasteiger partial charge in [0.15, 0.2) is 0 Å². The van der Waals surface area contributed by atoms with E-state index >= 15 is 0 Å². The van der Waals surface area contributed by atoms with Crippen molar-refractivity contribution in [3.8, 4) is 0 Å². The van der Waals surface area contributed by atoms with Gasteiger partial charge >= 0.3 is 0 Å². The molecule has 0 aliphatic rings. The van der Waals surface area contributed by atoms with Crippen LogP contribution in [0.3, 0.4) is 0 Å². The maximum atomic E-state index is 9.44. The Hall–Kier alpha value is -5.79. The van der Waals surface area contributed by atoms with E-state index < -0.39 is 0 Å². The monoisotopic (exact) mass is 901 g/mol. The standard InChI is InChI=1S/6C6H6.3C3H6O.3C2H6O.4C2H6/c6*1-2-4-6-5-3-1;3*1-3(2)4;3*1-3-2;4*1-2/h6*1-6H;3*1-2H3;3*1-2H3;4*1-2H3. The van der Waals surface area contributed by atoms with Crippen LogP contribution >= 0.6 is 0 Å². The predicted molar refractivity (Wildman–Crippen MR) is 292 cm³/mol. The van der Waals surface area contributed by atoms with Crippen molar-refractivity contribution in [2.45, 2.75) is 96.9 Å². The summed E-state index contributed by atoms with van der Waals surface area (Å²) in [6.07, 6.45) is 0. The molecule has 6 aromatic carbocycles. The lowest BCUT2D eigenvalue weighted by Crippen LogP contribution is -1.69. The number of ketones is 3. The van der Waals surface area contributed by atoms with Gasteiger partial charge in [0, 0.05) is 42.7 Å². The minimum atomic E-state index is 0.167. The van der Waals surface area contributed by atoms with Gasteiger partial charge in [-0.05, 0) is 41.5 Å². The molecule has 0 spiro atoms. The first-order chi connectivity index (χ1) is 31.4. The zero-order chi connectivity index (χ0) is 52.3. The molecule has 6 heteroatoms. The van der Waals surface area contributed by atoms with Gasteiger partial charge in [0.1, 0.15) is 17.3 Å². The minimum Gasteiger partial charge on any atom is -0.388 e. The molecule has 0 bridgehead atoms. The molecule has 0 amide bonds. The third-order valence-electron chi connectivity index (χ3n) is 4.00. The van der Waals surface area contributed by atoms with Crippen molar-refractivity contribution in [3.63, 3.8) is 0 Å². The molecule has 0 aromatic heterocycles. The summed E-state index contributed by atoms with van der Waals surface area (Å²) in [4.78, 5) is 28.3. The quantitative estimate of drug-likeness (QED) is 0.151. The molecule has 0 atom stereocenters. The second-order valence-electron chi connectivity index (χ2n) is 10.9. The van der Waals surface area contributed by atoms with Crippen molar-refractivity contribution in [2.24, 2.45) is 0 Å². The predicted octanol–water partition coefficient (Wildman–Crippen LogP) is 16.8. The molecule has 0 fully saturated rings. The average molecular weight is 901 g/mol. The molecule has 0 aliphatic carbocycles. The van der Waals surface area contributed by atoms with Crippen LogP contribution in [0.4, 0.5) is 0 Å². The fourth-order valence-electron chi connectivity index (χ4n) is 2.31. The van der Waals surface area contributed by atoms with E-state index in [2.05, 4.69) is 14.2 Å². The lowest BCUT2D eigenvalue weighted by atomic mass is 10.4. The van der Waals surface area contributed by atoms with Crippen molar-refractivity contribution in [1.82, 2.24) is 0 Å². The number of hydrogen-bond acceptors (Lipinski definition) is 6. The number of carbonyl (C=O) groups excluding carboxylic acids is 3. The van der Waals surface area contributed by atoms with Crippen molar-refractivity contribution in [2.75, 3.05) is 42.7 Å². The van der Waals surface area contributed by atoms with Gasteiger partial charge in [-0.2, -0.15) is 0 Å². The molecule has 65 heavy (non-hydrogen) atoms. The first-order valence-corrected chi connectivity index (χ1v) is 22.1. The van der Waals surface area contributed by atoms with Crippen LogP contribution in [0.2, 0.25) is 0 Å². The van der Waals surface area contributed by atoms with Gasteiger partial charge in [0.25, 0.3) is 0 Å². The van der Waals surface area contributed by atoms with E-state index in [1.54, 1.807) is 42.7 Å². The van der Waals surface area contributed by atoms with Gasteiger partial charge in [-0.15, -0.1) is 0 Å². The molecule has 0 saturated heterocycles. The first kappa shape index (κ1) is 82.8. The van der Waals surface area contributed by atoms with Gasteiger partial charge in [-0.1, -0.05) is 274 Å². The molecule has 0 radical (unpaired) electrons. The lowest BCUT2D eigenvalue weighted by Gasteiger charge is -1.69. The van der Waals surface area contributed by atoms with Gasteiger partial charge in [-0.25, -0.2) is 0 Å². The summed E-state index contributed by atoms with van der Waals surface area (Å²) in [5.74, 6) is 0.500. The van der Waals surface area contributed by atoms with Crippen molar-refractivity contribution < 1.29 is 28.6 Å². The Labute approximate surface area is 402 Å². The summed E-state index contributed by atoms with van der Waals surface area (Å²) >= 11 is 0. The Kier molecular flexibility index (Phi) is 136. The molecule has 6 nitrogen and oxygen atoms in total. The molecule has 6 aromatic rings. The summed E-state index contributed by atoms with van der Waals surface area (Å²) in [7, 11) is 9.75. The van der Waals surface area contributed by atoms with Crippen LogP contribution in [-0.2, 0) is 28.6 Å². The number of methoxy groups -OCH3 is 3. The third-order valence-corrected chi connectivity index (χ3v) is 4.00. The van der Waals surface area contributed by atoms with Crippen LogP contribution in [0, 0.1) is 0 Å². The SMILES string of the molecule is CC.CC.CC.CC.CC(C)=O.CC(C)=O.CC(C)=O.COC.COC.COC.c1ccccc1.c1ccccc1.c1ccccc1.c1ccccc1.c1ccccc1.c1ccccc1. The third kappa shape index (κ3) is 202. The van der Waals surface area contributed by atoms with E-state index in [9.17, 15) is 14.4 Å². The highest BCUT2D eigenvalue weighted by molar-refractivity contribution is 5.72. The van der Waals surface area contributed by atoms with Gasteiger partial charge in [0.2, 0.25) is 0 Å². The maximum Gasteiger partial charge on any atom is 0.126 e. The van der Waals surface area contributed by atoms with Crippen LogP contribution in [0.5, 0.6) is 0 Å². The fourth-order valence-corrected chi connectivity index (χ4v) is 2.31. The van der Waals surface area contributed by atoms with Crippen LogP contribution in [-0.4, -0.2) is 60.0 Å². The number of Topliss-reactive ketones (excluding diaryl/α,β-unsaturated/α-hetero) is 3. The summed E-state index contributed by atoms with van der Waals surface area (Å²) in [6, 6.07) is 72.0. The van der Waals surface area contributed by atoms with E-state index in [1.807, 2.05) is 274 Å². The highest BCUT2D eigenvalue weighted by Gasteiger charge is 1.64. The number of carbonyl (C=O) groups is 3. The Morgan fingerprint density at radius 3 is 0.215 bits per heavy atom. The highest BCUT2D eigenvalue weighted by atomic mass is 16.5. The summed E-state index contributed by atoms with van der Waals surface area (Å²) in [6.45, 7) is 25.2. The molecule has 0 saturated carbocycles. The second-order valence-corrected chi connectivity index (χ2v) is 10.9. The Bertz CT molecular complexity index is 990. The zero-order valence-corrected chi connectivity index (χ0v) is 44.7. The lowest BCUT2D eigenvalue weighted by molar-refractivity contribution is -0.115. The van der Waals surface area contributed by atoms with Crippen molar-refractivity contribution in [1.29, 1.82) is 0 Å². The number of hydrogen-bond donors (Lipinski definition) is 0. The van der Waals surface area contributed by atoms with Gasteiger partial charge in [0.05, 0.1) is 0 Å². The largest absolute Gasteiger partial charge is 0.388 e. The molecule has 368 valence electrons. The minimum absolute atomic E-state index is 0.167. The molecule has 0 aliphatic heterocycles. The zero-order valence-electron chi connectivity index (χ0n) is 44.7. The van der Waals surface area contributed by atoms with E-state index in [4.69, 9.17) is 0 Å². The number of benzene rings is 6. The van der Waals surface area contributed by atoms with E-state index in [0.29, 0.717) is 0 Å². The van der Waals surface area contributed by atoms with Gasteiger partial charge < -0.3 is 28.6 Å². The van der Waals surface area contributed by atoms with E-state index in [0.717, 1.165) is 0 Å². The van der Waals surface area contributed by atoms with Crippen molar-refractivity contribution >= 4 is 17.3 Å². The Morgan fingerprint density at radius 2 is 0.200 bits per heavy atom. The Balaban J connectivity index is -0.0000000631. The fraction of sp³-hybridized carbons (Fsp3) is 0.339. The number of ether oxygens (including phenoxy) is 3. The molecule has 0 heterocycles. The Morgan fingerprint density at radius 1 is 0.185 bits per heavy atom. The number of rotatable bonds is 0. The van der Waals surface area contributed by atoms with E-state index in [1.165, 1.54) is 41.5 Å².